The van der Waals surface area contributed by atoms with Gasteiger partial charge in [0.1, 0.15) is 5.82 Å². The van der Waals surface area contributed by atoms with Crippen LogP contribution < -0.4 is 46.5 Å². The van der Waals surface area contributed by atoms with Gasteiger partial charge in [0.2, 0.25) is 0 Å². The number of nitrogens with one attached hydrogen (secondary N) is 1. The summed E-state index contributed by atoms with van der Waals surface area (Å²) in [5, 5.41) is 8.47. The summed E-state index contributed by atoms with van der Waals surface area (Å²) in [5.41, 5.74) is 8.49. The zero-order chi connectivity index (χ0) is 26.9. The molecule has 1 aliphatic heterocycles. The third kappa shape index (κ3) is 14.3. The number of hydrazine groups is 1. The van der Waals surface area contributed by atoms with Crippen LogP contribution in [0.15, 0.2) is 98.2 Å². The van der Waals surface area contributed by atoms with Gasteiger partial charge in [0.15, 0.2) is 0 Å². The summed E-state index contributed by atoms with van der Waals surface area (Å²) in [6.45, 7) is 17.6. The zero-order valence-electron chi connectivity index (χ0n) is 23.0. The van der Waals surface area contributed by atoms with E-state index in [2.05, 4.69) is 48.9 Å². The van der Waals surface area contributed by atoms with Crippen molar-refractivity contribution in [2.45, 2.75) is 37.6 Å². The van der Waals surface area contributed by atoms with E-state index >= 15 is 0 Å². The smallest absolute Gasteiger partial charge is 0.494 e. The van der Waals surface area contributed by atoms with Crippen molar-refractivity contribution in [3.05, 3.63) is 115 Å². The molecule has 1 unspecified atom stereocenters. The van der Waals surface area contributed by atoms with Crippen molar-refractivity contribution in [3.8, 4) is 0 Å². The number of allylic oxidation sites excluding steroid dienone is 2. The summed E-state index contributed by atoms with van der Waals surface area (Å²) in [6, 6.07) is 7.54. The predicted octanol–water partition coefficient (Wildman–Crippen LogP) is 2.30. The third-order valence-electron chi connectivity index (χ3n) is 5.85. The molecule has 0 bridgehead atoms. The number of nitrogens with zero attached hydrogens (tertiary/aromatic N) is 3. The molecule has 1 aliphatic carbocycles. The molecule has 37 heavy (non-hydrogen) atoms. The average Bonchev–Trinajstić information content (AvgIpc) is 3.62. The van der Waals surface area contributed by atoms with Crippen molar-refractivity contribution in [3.63, 3.8) is 0 Å². The fraction of sp³-hybridized carbons (Fsp3) is 0.379. The Morgan fingerprint density at radius 1 is 1.24 bits per heavy atom. The quantitative estimate of drug-likeness (QED) is 0.138. The Labute approximate surface area is 246 Å². The molecule has 5 N–H and O–H groups in total. The number of benzene rings is 1. The van der Waals surface area contributed by atoms with Crippen molar-refractivity contribution in [1.82, 2.24) is 15.2 Å². The zero-order valence-corrected chi connectivity index (χ0v) is 25.0. The van der Waals surface area contributed by atoms with Crippen molar-refractivity contribution < 1.29 is 33.9 Å². The number of likely N-dealkylation sites (tertiary alicyclic amines) is 1. The summed E-state index contributed by atoms with van der Waals surface area (Å²) in [5.74, 6) is 6.31. The molecule has 0 amide bonds. The van der Waals surface area contributed by atoms with E-state index in [1.54, 1.807) is 31.5 Å². The Bertz CT molecular complexity index is 909. The molecule has 1 saturated heterocycles. The molecular formula is C29H44FN6Na. The summed E-state index contributed by atoms with van der Waals surface area (Å²) in [6.07, 6.45) is 13.6. The van der Waals surface area contributed by atoms with Crippen LogP contribution in [-0.2, 0) is 0 Å². The van der Waals surface area contributed by atoms with Crippen LogP contribution in [0.2, 0.25) is 0 Å². The van der Waals surface area contributed by atoms with Crippen LogP contribution >= 0.6 is 0 Å². The summed E-state index contributed by atoms with van der Waals surface area (Å²) < 4.78 is 12.9. The van der Waals surface area contributed by atoms with E-state index in [-0.39, 0.29) is 35.4 Å². The minimum absolute atomic E-state index is 0. The van der Waals surface area contributed by atoms with Gasteiger partial charge in [0, 0.05) is 24.5 Å². The van der Waals surface area contributed by atoms with Gasteiger partial charge in [-0.2, -0.15) is 0 Å². The maximum absolute atomic E-state index is 12.9. The van der Waals surface area contributed by atoms with E-state index in [4.69, 9.17) is 11.6 Å². The van der Waals surface area contributed by atoms with E-state index in [0.29, 0.717) is 24.3 Å². The number of likely N-dealkylation sites (N-methyl/N-ethyl adjacent to an activating group) is 1. The molecule has 198 valence electrons. The van der Waals surface area contributed by atoms with Crippen molar-refractivity contribution in [2.75, 3.05) is 33.7 Å². The Balaban J connectivity index is 0.000000541. The maximum Gasteiger partial charge on any atom is 1.00 e. The standard InChI is InChI=1S/C14H22N2.C9H9F.C6H13N4.Na/c1-5-8-13(6-2)11-15-12(3)14-9-7-10-16(14)4;10-9-4-2-1-3-8(9)7-5-6-7;1-3-4-10(8)5-6(7)9-2;/h5-6,8,14-15H,1-3,7,9-11H2,4H3;1-4,7H,5-6H2;3,5H,1,4,7-8H2,2H3;/q;;-1;+1/b13-8+;;6-5+;. The van der Waals surface area contributed by atoms with Crippen molar-refractivity contribution >= 4 is 0 Å². The number of nitrogens with two attached hydrogens (primary N) is 2. The molecular weight excluding hydrogens is 474 g/mol. The van der Waals surface area contributed by atoms with Gasteiger partial charge in [-0.05, 0) is 62.4 Å². The van der Waals surface area contributed by atoms with E-state index in [0.717, 1.165) is 23.4 Å². The Kier molecular flexibility index (Phi) is 18.5. The summed E-state index contributed by atoms with van der Waals surface area (Å²) >= 11 is 0. The molecule has 1 saturated carbocycles. The van der Waals surface area contributed by atoms with Crippen LogP contribution in [0, 0.1) is 5.82 Å². The van der Waals surface area contributed by atoms with Crippen molar-refractivity contribution in [1.29, 1.82) is 0 Å². The van der Waals surface area contributed by atoms with Crippen LogP contribution in [0.3, 0.4) is 0 Å². The molecule has 6 nitrogen and oxygen atoms in total. The van der Waals surface area contributed by atoms with E-state index in [9.17, 15) is 4.39 Å². The van der Waals surface area contributed by atoms with Crippen LogP contribution in [-0.4, -0.2) is 49.7 Å². The molecule has 3 rings (SSSR count). The second-order valence-corrected chi connectivity index (χ2v) is 8.76. The van der Waals surface area contributed by atoms with E-state index in [1.807, 2.05) is 24.3 Å². The summed E-state index contributed by atoms with van der Waals surface area (Å²) in [4.78, 5) is 2.35. The second-order valence-electron chi connectivity index (χ2n) is 8.76. The van der Waals surface area contributed by atoms with E-state index in [1.165, 1.54) is 43.3 Å². The molecule has 8 heteroatoms. The number of rotatable bonds is 11. The Morgan fingerprint density at radius 2 is 1.92 bits per heavy atom. The Hall–Kier alpha value is -2.29. The van der Waals surface area contributed by atoms with Gasteiger partial charge in [-0.15, -0.1) is 6.58 Å². The van der Waals surface area contributed by atoms with Gasteiger partial charge >= 0.3 is 29.6 Å². The minimum Gasteiger partial charge on any atom is -0.494 e. The van der Waals surface area contributed by atoms with Crippen LogP contribution in [0.1, 0.15) is 37.2 Å². The molecule has 2 fully saturated rings. The normalized spacial score (nSPS) is 17.0. The second kappa shape index (κ2) is 19.8. The molecule has 1 aromatic carbocycles. The number of halogens is 1. The average molecular weight is 519 g/mol. The fourth-order valence-electron chi connectivity index (χ4n) is 3.66. The molecule has 0 radical (unpaired) electrons. The van der Waals surface area contributed by atoms with Crippen LogP contribution in [0.5, 0.6) is 0 Å². The van der Waals surface area contributed by atoms with Crippen molar-refractivity contribution in [2.24, 2.45) is 11.6 Å². The van der Waals surface area contributed by atoms with Crippen LogP contribution in [0.25, 0.3) is 5.32 Å². The van der Waals surface area contributed by atoms with E-state index < -0.39 is 0 Å². The maximum atomic E-state index is 12.9. The van der Waals surface area contributed by atoms with Gasteiger partial charge < -0.3 is 21.4 Å². The topological polar surface area (TPSA) is 84.7 Å². The van der Waals surface area contributed by atoms with Gasteiger partial charge in [-0.1, -0.05) is 75.1 Å². The monoisotopic (exact) mass is 518 g/mol. The molecule has 1 atom stereocenters. The largest absolute Gasteiger partial charge is 1.00 e. The molecule has 1 aromatic rings. The van der Waals surface area contributed by atoms with Crippen LogP contribution in [0.4, 0.5) is 4.39 Å². The molecule has 0 aromatic heterocycles. The first-order valence-electron chi connectivity index (χ1n) is 12.3. The SMILES string of the molecule is C=C/C=C(\C=C)CNC(=C)C1CCCN1C.C=CCN(N)/C=C(\N)[N-]C.Fc1ccccc1C1CC1.[Na+]. The van der Waals surface area contributed by atoms with Gasteiger partial charge in [0.25, 0.3) is 0 Å². The first-order valence-corrected chi connectivity index (χ1v) is 12.3. The fourth-order valence-corrected chi connectivity index (χ4v) is 3.66. The predicted molar refractivity (Wildman–Crippen MR) is 152 cm³/mol. The van der Waals surface area contributed by atoms with Gasteiger partial charge in [0.05, 0.1) is 6.54 Å². The number of hydrogen-bond acceptors (Lipinski definition) is 5. The van der Waals surface area contributed by atoms with Gasteiger partial charge in [-0.25, -0.2) is 10.2 Å². The third-order valence-corrected chi connectivity index (χ3v) is 5.85. The first-order chi connectivity index (χ1) is 17.3. The number of hydrogen-bond donors (Lipinski definition) is 3. The molecule has 1 heterocycles. The molecule has 0 spiro atoms. The van der Waals surface area contributed by atoms with Gasteiger partial charge in [-0.3, -0.25) is 4.90 Å². The summed E-state index contributed by atoms with van der Waals surface area (Å²) in [7, 11) is 3.76. The first kappa shape index (κ1) is 34.7. The molecule has 2 aliphatic rings. The minimum atomic E-state index is -0.0370. The Morgan fingerprint density at radius 3 is 2.41 bits per heavy atom.